The van der Waals surface area contributed by atoms with E-state index in [-0.39, 0.29) is 0 Å². The lowest BCUT2D eigenvalue weighted by atomic mass is 10.2. The van der Waals surface area contributed by atoms with E-state index in [1.165, 1.54) is 5.56 Å². The summed E-state index contributed by atoms with van der Waals surface area (Å²) in [5, 5.41) is 3.36. The predicted molar refractivity (Wildman–Crippen MR) is 73.5 cm³/mol. The average Bonchev–Trinajstić information content (AvgIpc) is 2.80. The highest BCUT2D eigenvalue weighted by molar-refractivity contribution is 6.41. The summed E-state index contributed by atoms with van der Waals surface area (Å²) in [5.41, 5.74) is 1.24. The van der Waals surface area contributed by atoms with E-state index < -0.39 is 0 Å². The molecule has 0 spiro atoms. The van der Waals surface area contributed by atoms with Crippen molar-refractivity contribution >= 4 is 11.7 Å². The number of nitrogens with one attached hydrogen (secondary N) is 1. The lowest BCUT2D eigenvalue weighted by Crippen LogP contribution is -2.42. The molecule has 0 fully saturated rings. The summed E-state index contributed by atoms with van der Waals surface area (Å²) in [5.74, 6) is 1.83. The second-order valence-corrected chi connectivity index (χ2v) is 4.54. The summed E-state index contributed by atoms with van der Waals surface area (Å²) in [6.45, 7) is 3.78. The zero-order valence-electron chi connectivity index (χ0n) is 10.4. The molecule has 0 bridgehead atoms. The van der Waals surface area contributed by atoms with Crippen LogP contribution in [0.4, 0.5) is 0 Å². The fourth-order valence-electron chi connectivity index (χ4n) is 2.16. The third-order valence-electron chi connectivity index (χ3n) is 3.17. The quantitative estimate of drug-likeness (QED) is 0.855. The first-order valence-corrected chi connectivity index (χ1v) is 6.20. The Hall–Kier alpha value is -2.10. The number of aliphatic imine (C=N–C) groups is 2. The molecular formula is C14H16N4. The van der Waals surface area contributed by atoms with Gasteiger partial charge in [0.05, 0.1) is 12.6 Å². The van der Waals surface area contributed by atoms with Crippen molar-refractivity contribution in [2.75, 3.05) is 6.54 Å². The van der Waals surface area contributed by atoms with Crippen LogP contribution in [0.1, 0.15) is 12.5 Å². The summed E-state index contributed by atoms with van der Waals surface area (Å²) in [6, 6.07) is 10.7. The van der Waals surface area contributed by atoms with Crippen molar-refractivity contribution in [3.63, 3.8) is 0 Å². The highest BCUT2D eigenvalue weighted by Crippen LogP contribution is 2.14. The molecule has 0 saturated carbocycles. The molecule has 1 aromatic carbocycles. The summed E-state index contributed by atoms with van der Waals surface area (Å²) in [4.78, 5) is 11.1. The molecule has 1 unspecified atom stereocenters. The lowest BCUT2D eigenvalue weighted by Gasteiger charge is -2.24. The van der Waals surface area contributed by atoms with E-state index in [0.29, 0.717) is 6.04 Å². The number of fused-ring (bicyclic) bond motifs is 1. The van der Waals surface area contributed by atoms with Crippen molar-refractivity contribution in [3.8, 4) is 0 Å². The molecule has 4 heteroatoms. The number of benzene rings is 1. The standard InChI is InChI=1S/C14H16N4/c1-11-9-17-14-13(15-7-8-18(11)14)16-10-12-5-3-2-4-6-12/h2-8,11H,9-10H2,1H3,(H,15,16). The third kappa shape index (κ3) is 2.01. The number of hydrogen-bond acceptors (Lipinski definition) is 4. The fourth-order valence-corrected chi connectivity index (χ4v) is 2.16. The molecular weight excluding hydrogens is 224 g/mol. The number of amidine groups is 2. The number of rotatable bonds is 2. The van der Waals surface area contributed by atoms with Gasteiger partial charge in [0.15, 0.2) is 11.7 Å². The Morgan fingerprint density at radius 1 is 1.33 bits per heavy atom. The molecule has 3 rings (SSSR count). The summed E-state index contributed by atoms with van der Waals surface area (Å²) in [7, 11) is 0. The van der Waals surface area contributed by atoms with Gasteiger partial charge in [-0.25, -0.2) is 4.99 Å². The molecule has 18 heavy (non-hydrogen) atoms. The average molecular weight is 240 g/mol. The number of nitrogens with zero attached hydrogens (tertiary/aromatic N) is 3. The Morgan fingerprint density at radius 2 is 2.17 bits per heavy atom. The molecule has 0 radical (unpaired) electrons. The molecule has 1 atom stereocenters. The van der Waals surface area contributed by atoms with Crippen LogP contribution in [0.5, 0.6) is 0 Å². The van der Waals surface area contributed by atoms with Crippen LogP contribution in [0, 0.1) is 0 Å². The van der Waals surface area contributed by atoms with Gasteiger partial charge in [0, 0.05) is 18.9 Å². The third-order valence-corrected chi connectivity index (χ3v) is 3.17. The Bertz CT molecular complexity index is 516. The van der Waals surface area contributed by atoms with Crippen LogP contribution in [0.3, 0.4) is 0 Å². The van der Waals surface area contributed by atoms with E-state index in [1.54, 1.807) is 0 Å². The van der Waals surface area contributed by atoms with E-state index in [0.717, 1.165) is 24.8 Å². The van der Waals surface area contributed by atoms with Gasteiger partial charge in [-0.1, -0.05) is 30.3 Å². The zero-order valence-corrected chi connectivity index (χ0v) is 10.4. The van der Waals surface area contributed by atoms with E-state index in [2.05, 4.69) is 39.3 Å². The molecule has 0 saturated heterocycles. The van der Waals surface area contributed by atoms with Gasteiger partial charge in [0.2, 0.25) is 0 Å². The highest BCUT2D eigenvalue weighted by Gasteiger charge is 2.27. The first kappa shape index (κ1) is 11.0. The topological polar surface area (TPSA) is 40.0 Å². The molecule has 2 aliphatic rings. The molecule has 1 aromatic rings. The van der Waals surface area contributed by atoms with Crippen molar-refractivity contribution in [3.05, 3.63) is 48.3 Å². The SMILES string of the molecule is CC1CN=C2C(NCc3ccccc3)=NC=CN21. The minimum atomic E-state index is 0.431. The van der Waals surface area contributed by atoms with Crippen molar-refractivity contribution < 1.29 is 0 Å². The fraction of sp³-hybridized carbons (Fsp3) is 0.286. The highest BCUT2D eigenvalue weighted by atomic mass is 15.3. The summed E-state index contributed by atoms with van der Waals surface area (Å²) < 4.78 is 0. The second-order valence-electron chi connectivity index (χ2n) is 4.54. The van der Waals surface area contributed by atoms with Gasteiger partial charge in [-0.05, 0) is 12.5 Å². The Kier molecular flexibility index (Phi) is 2.84. The predicted octanol–water partition coefficient (Wildman–Crippen LogP) is 1.76. The maximum Gasteiger partial charge on any atom is 0.171 e. The van der Waals surface area contributed by atoms with Gasteiger partial charge in [0.25, 0.3) is 0 Å². The van der Waals surface area contributed by atoms with E-state index in [9.17, 15) is 0 Å². The Labute approximate surface area is 107 Å². The molecule has 0 aromatic heterocycles. The van der Waals surface area contributed by atoms with Gasteiger partial charge in [0.1, 0.15) is 0 Å². The maximum atomic E-state index is 4.53. The summed E-state index contributed by atoms with van der Waals surface area (Å²) >= 11 is 0. The molecule has 1 N–H and O–H groups in total. The lowest BCUT2D eigenvalue weighted by molar-refractivity contribution is 0.473. The van der Waals surface area contributed by atoms with Crippen molar-refractivity contribution in [2.45, 2.75) is 19.5 Å². The van der Waals surface area contributed by atoms with Crippen LogP contribution in [-0.2, 0) is 6.54 Å². The van der Waals surface area contributed by atoms with Gasteiger partial charge >= 0.3 is 0 Å². The van der Waals surface area contributed by atoms with E-state index in [1.807, 2.05) is 30.6 Å². The van der Waals surface area contributed by atoms with Crippen molar-refractivity contribution in [1.29, 1.82) is 0 Å². The minimum absolute atomic E-state index is 0.431. The Morgan fingerprint density at radius 3 is 3.00 bits per heavy atom. The van der Waals surface area contributed by atoms with Crippen LogP contribution in [0.15, 0.2) is 52.7 Å². The minimum Gasteiger partial charge on any atom is -0.363 e. The molecule has 4 nitrogen and oxygen atoms in total. The van der Waals surface area contributed by atoms with Gasteiger partial charge in [-0.3, -0.25) is 4.99 Å². The van der Waals surface area contributed by atoms with Crippen molar-refractivity contribution in [2.24, 2.45) is 9.98 Å². The molecule has 2 heterocycles. The molecule has 2 aliphatic heterocycles. The first-order chi connectivity index (χ1) is 8.84. The van der Waals surface area contributed by atoms with E-state index in [4.69, 9.17) is 0 Å². The van der Waals surface area contributed by atoms with Gasteiger partial charge < -0.3 is 10.2 Å². The van der Waals surface area contributed by atoms with Crippen molar-refractivity contribution in [1.82, 2.24) is 10.2 Å². The second kappa shape index (κ2) is 4.64. The Balaban J connectivity index is 1.70. The number of hydrogen-bond donors (Lipinski definition) is 1. The smallest absolute Gasteiger partial charge is 0.171 e. The summed E-state index contributed by atoms with van der Waals surface area (Å²) in [6.07, 6.45) is 3.82. The van der Waals surface area contributed by atoms with Crippen LogP contribution in [-0.4, -0.2) is 29.2 Å². The molecule has 92 valence electrons. The van der Waals surface area contributed by atoms with Crippen LogP contribution in [0.2, 0.25) is 0 Å². The monoisotopic (exact) mass is 240 g/mol. The molecule has 0 aliphatic carbocycles. The van der Waals surface area contributed by atoms with Crippen LogP contribution in [0.25, 0.3) is 0 Å². The normalized spacial score (nSPS) is 21.4. The van der Waals surface area contributed by atoms with Gasteiger partial charge in [-0.2, -0.15) is 0 Å². The van der Waals surface area contributed by atoms with E-state index >= 15 is 0 Å². The van der Waals surface area contributed by atoms with Gasteiger partial charge in [-0.15, -0.1) is 0 Å². The largest absolute Gasteiger partial charge is 0.363 e. The zero-order chi connectivity index (χ0) is 12.4. The molecule has 0 amide bonds. The van der Waals surface area contributed by atoms with Crippen LogP contribution >= 0.6 is 0 Å². The maximum absolute atomic E-state index is 4.53. The first-order valence-electron chi connectivity index (χ1n) is 6.20. The van der Waals surface area contributed by atoms with Crippen LogP contribution < -0.4 is 5.32 Å².